The number of carbonyl (C=O) groups excluding carboxylic acids is 3. The number of amides is 3. The van der Waals surface area contributed by atoms with Crippen LogP contribution < -0.4 is 10.6 Å². The fourth-order valence-electron chi connectivity index (χ4n) is 4.25. The standard InChI is InChI=1S/C31H41N3O4/c1-10-19-34(29(36)25(20(3)4)33-30(37)38-31(7,8)9)27(24-18-13-12-17-23(24)11-2)28(35)32-26-21(5)15-14-16-22(26)6/h2,12-18,20,25,27H,10,19H2,1,3-9H3,(H,32,35)(H,33,37). The third-order valence-electron chi connectivity index (χ3n) is 6.05. The third-order valence-corrected chi connectivity index (χ3v) is 6.05. The number of anilines is 1. The lowest BCUT2D eigenvalue weighted by Crippen LogP contribution is -2.54. The summed E-state index contributed by atoms with van der Waals surface area (Å²) in [6.07, 6.45) is 5.71. The summed E-state index contributed by atoms with van der Waals surface area (Å²) >= 11 is 0. The summed E-state index contributed by atoms with van der Waals surface area (Å²) in [5, 5.41) is 5.78. The fraction of sp³-hybridized carbons (Fsp3) is 0.452. The molecule has 0 fully saturated rings. The molecule has 0 bridgehead atoms. The number of nitrogens with zero attached hydrogens (tertiary/aromatic N) is 1. The summed E-state index contributed by atoms with van der Waals surface area (Å²) in [6, 6.07) is 10.9. The third kappa shape index (κ3) is 7.85. The van der Waals surface area contributed by atoms with Gasteiger partial charge in [0.15, 0.2) is 0 Å². The number of alkyl carbamates (subject to hydrolysis) is 1. The van der Waals surface area contributed by atoms with Crippen molar-refractivity contribution in [2.45, 2.75) is 79.5 Å². The summed E-state index contributed by atoms with van der Waals surface area (Å²) in [7, 11) is 0. The first kappa shape index (κ1) is 30.4. The van der Waals surface area contributed by atoms with E-state index in [-0.39, 0.29) is 24.3 Å². The number of nitrogens with one attached hydrogen (secondary N) is 2. The lowest BCUT2D eigenvalue weighted by Gasteiger charge is -2.36. The lowest BCUT2D eigenvalue weighted by molar-refractivity contribution is -0.141. The Morgan fingerprint density at radius 2 is 1.63 bits per heavy atom. The van der Waals surface area contributed by atoms with E-state index in [1.54, 1.807) is 45.0 Å². The van der Waals surface area contributed by atoms with Crippen LogP contribution >= 0.6 is 0 Å². The molecule has 204 valence electrons. The van der Waals surface area contributed by atoms with Crippen LogP contribution in [0.4, 0.5) is 10.5 Å². The minimum atomic E-state index is -1.02. The van der Waals surface area contributed by atoms with Gasteiger partial charge >= 0.3 is 6.09 Å². The molecular formula is C31H41N3O4. The molecule has 3 amide bonds. The van der Waals surface area contributed by atoms with Gasteiger partial charge in [-0.3, -0.25) is 9.59 Å². The van der Waals surface area contributed by atoms with Crippen molar-refractivity contribution in [3.05, 3.63) is 64.7 Å². The Hall–Kier alpha value is -3.79. The molecule has 0 aliphatic carbocycles. The molecule has 2 unspecified atom stereocenters. The van der Waals surface area contributed by atoms with Gasteiger partial charge in [0.05, 0.1) is 0 Å². The molecule has 2 N–H and O–H groups in total. The predicted molar refractivity (Wildman–Crippen MR) is 152 cm³/mol. The number of aryl methyl sites for hydroxylation is 2. The van der Waals surface area contributed by atoms with Gasteiger partial charge in [0, 0.05) is 17.8 Å². The largest absolute Gasteiger partial charge is 0.444 e. The highest BCUT2D eigenvalue weighted by Crippen LogP contribution is 2.29. The molecule has 0 heterocycles. The van der Waals surface area contributed by atoms with Crippen LogP contribution in [-0.4, -0.2) is 41.0 Å². The van der Waals surface area contributed by atoms with E-state index < -0.39 is 23.8 Å². The topological polar surface area (TPSA) is 87.7 Å². The van der Waals surface area contributed by atoms with E-state index in [0.29, 0.717) is 23.2 Å². The number of para-hydroxylation sites is 1. The van der Waals surface area contributed by atoms with Crippen LogP contribution in [0.3, 0.4) is 0 Å². The Morgan fingerprint density at radius 1 is 1.03 bits per heavy atom. The molecule has 7 nitrogen and oxygen atoms in total. The van der Waals surface area contributed by atoms with Crippen molar-refractivity contribution in [1.82, 2.24) is 10.2 Å². The van der Waals surface area contributed by atoms with E-state index in [2.05, 4.69) is 16.6 Å². The van der Waals surface area contributed by atoms with Crippen LogP contribution in [0.5, 0.6) is 0 Å². The Balaban J connectivity index is 2.60. The first-order chi connectivity index (χ1) is 17.8. The SMILES string of the molecule is C#Cc1ccccc1C(C(=O)Nc1c(C)cccc1C)N(CCC)C(=O)C(NC(=O)OC(C)(C)C)C(C)C. The van der Waals surface area contributed by atoms with Crippen LogP contribution in [0.2, 0.25) is 0 Å². The predicted octanol–water partition coefficient (Wildman–Crippen LogP) is 5.75. The Bertz CT molecular complexity index is 1170. The second kappa shape index (κ2) is 13.1. The molecule has 0 aliphatic heterocycles. The average Bonchev–Trinajstić information content (AvgIpc) is 2.83. The maximum Gasteiger partial charge on any atom is 0.408 e. The molecule has 2 aromatic rings. The Labute approximate surface area is 227 Å². The van der Waals surface area contributed by atoms with Gasteiger partial charge in [0.25, 0.3) is 5.91 Å². The smallest absolute Gasteiger partial charge is 0.408 e. The van der Waals surface area contributed by atoms with Crippen molar-refractivity contribution in [2.24, 2.45) is 5.92 Å². The first-order valence-corrected chi connectivity index (χ1v) is 13.0. The summed E-state index contributed by atoms with van der Waals surface area (Å²) in [6.45, 7) is 15.0. The number of benzene rings is 2. The monoisotopic (exact) mass is 519 g/mol. The van der Waals surface area contributed by atoms with Crippen LogP contribution in [0.1, 0.15) is 76.3 Å². The van der Waals surface area contributed by atoms with E-state index in [0.717, 1.165) is 11.1 Å². The number of hydrogen-bond acceptors (Lipinski definition) is 4. The maximum absolute atomic E-state index is 14.1. The highest BCUT2D eigenvalue weighted by atomic mass is 16.6. The van der Waals surface area contributed by atoms with Gasteiger partial charge in [-0.15, -0.1) is 6.42 Å². The highest BCUT2D eigenvalue weighted by molar-refractivity contribution is 6.00. The van der Waals surface area contributed by atoms with Gasteiger partial charge in [0.2, 0.25) is 5.91 Å². The Kier molecular flexibility index (Phi) is 10.5. The van der Waals surface area contributed by atoms with E-state index in [1.807, 2.05) is 52.8 Å². The molecular weight excluding hydrogens is 478 g/mol. The molecule has 7 heteroatoms. The van der Waals surface area contributed by atoms with Gasteiger partial charge in [-0.25, -0.2) is 4.79 Å². The minimum absolute atomic E-state index is 0.264. The van der Waals surface area contributed by atoms with Crippen LogP contribution in [-0.2, 0) is 14.3 Å². The van der Waals surface area contributed by atoms with Gasteiger partial charge in [0.1, 0.15) is 17.7 Å². The zero-order valence-corrected chi connectivity index (χ0v) is 23.8. The fourth-order valence-corrected chi connectivity index (χ4v) is 4.25. The molecule has 0 saturated carbocycles. The number of hydrogen-bond donors (Lipinski definition) is 2. The normalized spacial score (nSPS) is 12.7. The van der Waals surface area contributed by atoms with Crippen molar-refractivity contribution in [3.63, 3.8) is 0 Å². The van der Waals surface area contributed by atoms with E-state index in [9.17, 15) is 14.4 Å². The van der Waals surface area contributed by atoms with Crippen LogP contribution in [0.15, 0.2) is 42.5 Å². The van der Waals surface area contributed by atoms with Gasteiger partial charge in [-0.2, -0.15) is 0 Å². The van der Waals surface area contributed by atoms with Crippen LogP contribution in [0.25, 0.3) is 0 Å². The summed E-state index contributed by atoms with van der Waals surface area (Å²) in [5.41, 5.74) is 2.84. The maximum atomic E-state index is 14.1. The van der Waals surface area contributed by atoms with Crippen molar-refractivity contribution in [2.75, 3.05) is 11.9 Å². The van der Waals surface area contributed by atoms with E-state index in [4.69, 9.17) is 11.2 Å². The zero-order chi connectivity index (χ0) is 28.6. The molecule has 2 atom stereocenters. The number of ether oxygens (including phenoxy) is 1. The Morgan fingerprint density at radius 3 is 2.16 bits per heavy atom. The van der Waals surface area contributed by atoms with E-state index in [1.165, 1.54) is 4.90 Å². The average molecular weight is 520 g/mol. The second-order valence-electron chi connectivity index (χ2n) is 10.8. The second-order valence-corrected chi connectivity index (χ2v) is 10.8. The van der Waals surface area contributed by atoms with Gasteiger partial charge < -0.3 is 20.3 Å². The van der Waals surface area contributed by atoms with Crippen molar-refractivity contribution >= 4 is 23.6 Å². The van der Waals surface area contributed by atoms with Gasteiger partial charge in [-0.05, 0) is 69.7 Å². The van der Waals surface area contributed by atoms with Gasteiger partial charge in [-0.1, -0.05) is 63.1 Å². The molecule has 38 heavy (non-hydrogen) atoms. The van der Waals surface area contributed by atoms with Crippen molar-refractivity contribution in [3.8, 4) is 12.3 Å². The molecule has 0 aromatic heterocycles. The molecule has 2 aromatic carbocycles. The minimum Gasteiger partial charge on any atom is -0.444 e. The summed E-state index contributed by atoms with van der Waals surface area (Å²) < 4.78 is 5.42. The van der Waals surface area contributed by atoms with E-state index >= 15 is 0 Å². The van der Waals surface area contributed by atoms with Crippen molar-refractivity contribution in [1.29, 1.82) is 0 Å². The van der Waals surface area contributed by atoms with Crippen LogP contribution in [0, 0.1) is 32.1 Å². The quantitative estimate of drug-likeness (QED) is 0.413. The number of terminal acetylenes is 1. The zero-order valence-electron chi connectivity index (χ0n) is 23.8. The first-order valence-electron chi connectivity index (χ1n) is 13.0. The molecule has 0 spiro atoms. The molecule has 0 radical (unpaired) electrons. The molecule has 0 aliphatic rings. The molecule has 2 rings (SSSR count). The number of rotatable bonds is 9. The summed E-state index contributed by atoms with van der Waals surface area (Å²) in [4.78, 5) is 42.3. The summed E-state index contributed by atoms with van der Waals surface area (Å²) in [5.74, 6) is 1.62. The molecule has 0 saturated heterocycles. The highest BCUT2D eigenvalue weighted by Gasteiger charge is 2.38. The lowest BCUT2D eigenvalue weighted by atomic mass is 9.95. The van der Waals surface area contributed by atoms with Crippen molar-refractivity contribution < 1.29 is 19.1 Å². The number of carbonyl (C=O) groups is 3.